The summed E-state index contributed by atoms with van der Waals surface area (Å²) in [4.78, 5) is 0. The first kappa shape index (κ1) is 17.6. The molecular weight excluding hydrogens is 280 g/mol. The summed E-state index contributed by atoms with van der Waals surface area (Å²) in [6.07, 6.45) is 4.67. The topological polar surface area (TPSA) is 9.23 Å². The maximum atomic E-state index is 5.75. The lowest BCUT2D eigenvalue weighted by Crippen LogP contribution is -2.04. The number of hydrogen-bond acceptors (Lipinski definition) is 1. The Kier molecular flexibility index (Phi) is 7.19. The molecule has 2 unspecified atom stereocenters. The van der Waals surface area contributed by atoms with Gasteiger partial charge >= 0.3 is 0 Å². The van der Waals surface area contributed by atoms with Gasteiger partial charge in [0.1, 0.15) is 5.75 Å². The lowest BCUT2D eigenvalue weighted by molar-refractivity contribution is 0.309. The van der Waals surface area contributed by atoms with Crippen molar-refractivity contribution in [2.24, 2.45) is 0 Å². The van der Waals surface area contributed by atoms with E-state index in [4.69, 9.17) is 4.74 Å². The summed E-state index contributed by atoms with van der Waals surface area (Å²) in [5, 5.41) is 0. The number of ether oxygens (including phenoxy) is 1. The van der Waals surface area contributed by atoms with Crippen LogP contribution in [0, 0.1) is 0 Å². The van der Waals surface area contributed by atoms with Crippen LogP contribution in [0.3, 0.4) is 0 Å². The Bertz CT molecular complexity index is 544. The van der Waals surface area contributed by atoms with E-state index in [1.54, 1.807) is 0 Å². The summed E-state index contributed by atoms with van der Waals surface area (Å²) in [5.41, 5.74) is 2.86. The minimum Gasteiger partial charge on any atom is -0.494 e. The van der Waals surface area contributed by atoms with E-state index >= 15 is 0 Å². The van der Waals surface area contributed by atoms with E-state index in [9.17, 15) is 0 Å². The van der Waals surface area contributed by atoms with E-state index in [-0.39, 0.29) is 0 Å². The molecule has 0 N–H and O–H groups in total. The van der Waals surface area contributed by atoms with E-state index in [1.165, 1.54) is 30.4 Å². The maximum Gasteiger partial charge on any atom is 0.119 e. The molecule has 0 saturated heterocycles. The third kappa shape index (κ3) is 5.42. The molecule has 0 aliphatic rings. The Morgan fingerprint density at radius 2 is 1.57 bits per heavy atom. The SMILES string of the molecule is CCCCOc1ccc(C(C)CC(CC)c2ccccc2)cc1. The fourth-order valence-corrected chi connectivity index (χ4v) is 3.05. The van der Waals surface area contributed by atoms with Crippen LogP contribution in [0.1, 0.15) is 69.4 Å². The molecule has 0 aromatic heterocycles. The molecule has 1 heteroatoms. The van der Waals surface area contributed by atoms with Gasteiger partial charge in [-0.3, -0.25) is 0 Å². The zero-order valence-electron chi connectivity index (χ0n) is 14.8. The lowest BCUT2D eigenvalue weighted by Gasteiger charge is -2.21. The third-order valence-electron chi connectivity index (χ3n) is 4.62. The van der Waals surface area contributed by atoms with Gasteiger partial charge in [0, 0.05) is 0 Å². The largest absolute Gasteiger partial charge is 0.494 e. The average Bonchev–Trinajstić information content (AvgIpc) is 2.61. The molecule has 0 bridgehead atoms. The summed E-state index contributed by atoms with van der Waals surface area (Å²) in [7, 11) is 0. The quantitative estimate of drug-likeness (QED) is 0.477. The predicted octanol–water partition coefficient (Wildman–Crippen LogP) is 6.55. The van der Waals surface area contributed by atoms with Gasteiger partial charge < -0.3 is 4.74 Å². The Morgan fingerprint density at radius 1 is 0.870 bits per heavy atom. The van der Waals surface area contributed by atoms with Crippen LogP contribution < -0.4 is 4.74 Å². The zero-order chi connectivity index (χ0) is 16.5. The van der Waals surface area contributed by atoms with Gasteiger partial charge in [-0.1, -0.05) is 69.7 Å². The first-order valence-electron chi connectivity index (χ1n) is 9.02. The molecule has 0 spiro atoms. The van der Waals surface area contributed by atoms with E-state index in [2.05, 4.69) is 75.4 Å². The molecular formula is C22H30O. The first-order chi connectivity index (χ1) is 11.2. The summed E-state index contributed by atoms with van der Waals surface area (Å²) in [6, 6.07) is 19.6. The summed E-state index contributed by atoms with van der Waals surface area (Å²) < 4.78 is 5.75. The molecule has 0 aliphatic heterocycles. The smallest absolute Gasteiger partial charge is 0.119 e. The fourth-order valence-electron chi connectivity index (χ4n) is 3.05. The van der Waals surface area contributed by atoms with Gasteiger partial charge in [0.2, 0.25) is 0 Å². The van der Waals surface area contributed by atoms with Crippen molar-refractivity contribution in [3.8, 4) is 5.75 Å². The van der Waals surface area contributed by atoms with Crippen LogP contribution in [-0.2, 0) is 0 Å². The third-order valence-corrected chi connectivity index (χ3v) is 4.62. The molecule has 0 radical (unpaired) electrons. The second-order valence-electron chi connectivity index (χ2n) is 6.42. The zero-order valence-corrected chi connectivity index (χ0v) is 14.8. The van der Waals surface area contributed by atoms with Crippen molar-refractivity contribution < 1.29 is 4.74 Å². The fraction of sp³-hybridized carbons (Fsp3) is 0.455. The standard InChI is InChI=1S/C22H30O/c1-4-6-16-23-22-14-12-20(13-15-22)18(3)17-19(5-2)21-10-8-7-9-11-21/h7-15,18-19H,4-6,16-17H2,1-3H3. The van der Waals surface area contributed by atoms with Gasteiger partial charge in [0.05, 0.1) is 6.61 Å². The normalized spacial score (nSPS) is 13.5. The molecule has 0 heterocycles. The molecule has 2 rings (SSSR count). The molecule has 0 saturated carbocycles. The Hall–Kier alpha value is -1.76. The Morgan fingerprint density at radius 3 is 2.17 bits per heavy atom. The maximum absolute atomic E-state index is 5.75. The van der Waals surface area contributed by atoms with Crippen LogP contribution in [-0.4, -0.2) is 6.61 Å². The van der Waals surface area contributed by atoms with Crippen LogP contribution >= 0.6 is 0 Å². The number of rotatable bonds is 9. The van der Waals surface area contributed by atoms with Gasteiger partial charge in [0.25, 0.3) is 0 Å². The number of benzene rings is 2. The van der Waals surface area contributed by atoms with Crippen molar-refractivity contribution in [1.29, 1.82) is 0 Å². The van der Waals surface area contributed by atoms with Gasteiger partial charge in [0.15, 0.2) is 0 Å². The minimum absolute atomic E-state index is 0.560. The van der Waals surface area contributed by atoms with Crippen LogP contribution in [0.15, 0.2) is 54.6 Å². The van der Waals surface area contributed by atoms with Crippen molar-refractivity contribution in [2.75, 3.05) is 6.61 Å². The van der Waals surface area contributed by atoms with Crippen LogP contribution in [0.2, 0.25) is 0 Å². The van der Waals surface area contributed by atoms with Crippen molar-refractivity contribution in [3.63, 3.8) is 0 Å². The molecule has 124 valence electrons. The Balaban J connectivity index is 1.95. The van der Waals surface area contributed by atoms with Gasteiger partial charge in [-0.05, 0) is 54.4 Å². The molecule has 1 nitrogen and oxygen atoms in total. The van der Waals surface area contributed by atoms with Gasteiger partial charge in [-0.15, -0.1) is 0 Å². The molecule has 2 aromatic rings. The number of hydrogen-bond donors (Lipinski definition) is 0. The second kappa shape index (κ2) is 9.39. The minimum atomic E-state index is 0.560. The lowest BCUT2D eigenvalue weighted by atomic mass is 9.85. The van der Waals surface area contributed by atoms with Crippen LogP contribution in [0.5, 0.6) is 5.75 Å². The van der Waals surface area contributed by atoms with E-state index < -0.39 is 0 Å². The monoisotopic (exact) mass is 310 g/mol. The van der Waals surface area contributed by atoms with Gasteiger partial charge in [-0.2, -0.15) is 0 Å². The summed E-state index contributed by atoms with van der Waals surface area (Å²) >= 11 is 0. The molecule has 2 atom stereocenters. The molecule has 2 aromatic carbocycles. The van der Waals surface area contributed by atoms with E-state index in [1.807, 2.05) is 0 Å². The van der Waals surface area contributed by atoms with Crippen LogP contribution in [0.4, 0.5) is 0 Å². The highest BCUT2D eigenvalue weighted by Crippen LogP contribution is 2.32. The highest BCUT2D eigenvalue weighted by atomic mass is 16.5. The van der Waals surface area contributed by atoms with Gasteiger partial charge in [-0.25, -0.2) is 0 Å². The predicted molar refractivity (Wildman–Crippen MR) is 99.4 cm³/mol. The number of unbranched alkanes of at least 4 members (excludes halogenated alkanes) is 1. The highest BCUT2D eigenvalue weighted by Gasteiger charge is 2.15. The average molecular weight is 310 g/mol. The molecule has 0 aliphatic carbocycles. The summed E-state index contributed by atoms with van der Waals surface area (Å²) in [6.45, 7) is 7.62. The first-order valence-corrected chi connectivity index (χ1v) is 9.02. The van der Waals surface area contributed by atoms with Crippen molar-refractivity contribution in [3.05, 3.63) is 65.7 Å². The van der Waals surface area contributed by atoms with Crippen molar-refractivity contribution >= 4 is 0 Å². The van der Waals surface area contributed by atoms with Crippen molar-refractivity contribution in [1.82, 2.24) is 0 Å². The van der Waals surface area contributed by atoms with E-state index in [0.717, 1.165) is 18.8 Å². The molecule has 23 heavy (non-hydrogen) atoms. The second-order valence-corrected chi connectivity index (χ2v) is 6.42. The molecule has 0 amide bonds. The highest BCUT2D eigenvalue weighted by molar-refractivity contribution is 5.30. The van der Waals surface area contributed by atoms with Crippen molar-refractivity contribution in [2.45, 2.75) is 58.3 Å². The van der Waals surface area contributed by atoms with Crippen LogP contribution in [0.25, 0.3) is 0 Å². The summed E-state index contributed by atoms with van der Waals surface area (Å²) in [5.74, 6) is 2.18. The Labute approximate surface area is 141 Å². The molecule has 0 fully saturated rings. The van der Waals surface area contributed by atoms with E-state index in [0.29, 0.717) is 11.8 Å².